The van der Waals surface area contributed by atoms with Crippen molar-refractivity contribution in [3.63, 3.8) is 0 Å². The van der Waals surface area contributed by atoms with E-state index in [1.54, 1.807) is 6.07 Å². The Kier molecular flexibility index (Phi) is 4.28. The molecule has 2 aliphatic heterocycles. The molecule has 9 nitrogen and oxygen atoms in total. The molecule has 1 amide bonds. The van der Waals surface area contributed by atoms with Gasteiger partial charge in [0.1, 0.15) is 6.33 Å². The van der Waals surface area contributed by atoms with Gasteiger partial charge in [-0.15, -0.1) is 0 Å². The van der Waals surface area contributed by atoms with E-state index < -0.39 is 0 Å². The van der Waals surface area contributed by atoms with Crippen molar-refractivity contribution in [2.24, 2.45) is 0 Å². The van der Waals surface area contributed by atoms with Gasteiger partial charge in [-0.2, -0.15) is 4.52 Å². The maximum absolute atomic E-state index is 12.1. The van der Waals surface area contributed by atoms with Crippen LogP contribution in [0.5, 0.6) is 0 Å². The standard InChI is InChI=1S/C17H25N7O2/c1-21-6-5-17(4-3-14(21)25)11-23(8-7-22(17)2)10-13-9-15(26)24-16(20-13)18-12-19-24/h9,12H,3-8,10-11H2,1-2H3,(H,18,19,20). The number of likely N-dealkylation sites (N-methyl/N-ethyl adjacent to an activating group) is 1. The van der Waals surface area contributed by atoms with Crippen molar-refractivity contribution in [1.82, 2.24) is 34.3 Å². The van der Waals surface area contributed by atoms with Crippen LogP contribution in [-0.2, 0) is 11.3 Å². The summed E-state index contributed by atoms with van der Waals surface area (Å²) in [6.45, 7) is 4.16. The fourth-order valence-corrected chi connectivity index (χ4v) is 4.15. The minimum atomic E-state index is -0.145. The molecule has 4 rings (SSSR count). The number of aromatic amines is 1. The lowest BCUT2D eigenvalue weighted by Crippen LogP contribution is -2.60. The minimum Gasteiger partial charge on any atom is -0.346 e. The highest BCUT2D eigenvalue weighted by atomic mass is 16.2. The van der Waals surface area contributed by atoms with Gasteiger partial charge in [-0.25, -0.2) is 9.97 Å². The van der Waals surface area contributed by atoms with Crippen LogP contribution < -0.4 is 5.56 Å². The van der Waals surface area contributed by atoms with Crippen LogP contribution in [0.2, 0.25) is 0 Å². The summed E-state index contributed by atoms with van der Waals surface area (Å²) < 4.78 is 1.34. The Hall–Kier alpha value is -2.26. The lowest BCUT2D eigenvalue weighted by molar-refractivity contribution is -0.129. The van der Waals surface area contributed by atoms with Gasteiger partial charge in [0.25, 0.3) is 11.3 Å². The number of likely N-dealkylation sites (tertiary alicyclic amines) is 1. The highest BCUT2D eigenvalue weighted by Gasteiger charge is 2.41. The summed E-state index contributed by atoms with van der Waals surface area (Å²) in [7, 11) is 4.05. The quantitative estimate of drug-likeness (QED) is 0.781. The average molecular weight is 359 g/mol. The van der Waals surface area contributed by atoms with Crippen molar-refractivity contribution in [2.45, 2.75) is 31.3 Å². The van der Waals surface area contributed by atoms with Gasteiger partial charge in [-0.1, -0.05) is 0 Å². The Morgan fingerprint density at radius 3 is 2.88 bits per heavy atom. The van der Waals surface area contributed by atoms with E-state index in [0.717, 1.165) is 44.7 Å². The fraction of sp³-hybridized carbons (Fsp3) is 0.647. The summed E-state index contributed by atoms with van der Waals surface area (Å²) in [5, 5.41) is 2.76. The van der Waals surface area contributed by atoms with Crippen molar-refractivity contribution in [1.29, 1.82) is 0 Å². The molecule has 26 heavy (non-hydrogen) atoms. The molecule has 2 aromatic heterocycles. The van der Waals surface area contributed by atoms with Crippen molar-refractivity contribution in [2.75, 3.05) is 40.3 Å². The molecule has 4 heterocycles. The van der Waals surface area contributed by atoms with Crippen LogP contribution in [0.15, 0.2) is 17.2 Å². The molecule has 0 aliphatic carbocycles. The number of aromatic nitrogens is 4. The second-order valence-corrected chi connectivity index (χ2v) is 7.53. The Bertz CT molecular complexity index is 875. The number of nitrogens with zero attached hydrogens (tertiary/aromatic N) is 6. The smallest absolute Gasteiger partial charge is 0.274 e. The second-order valence-electron chi connectivity index (χ2n) is 7.53. The van der Waals surface area contributed by atoms with Crippen LogP contribution >= 0.6 is 0 Å². The van der Waals surface area contributed by atoms with Crippen LogP contribution in [0.3, 0.4) is 0 Å². The number of carbonyl (C=O) groups excluding carboxylic acids is 1. The number of amides is 1. The van der Waals surface area contributed by atoms with E-state index in [4.69, 9.17) is 0 Å². The molecular formula is C17H25N7O2. The van der Waals surface area contributed by atoms with Gasteiger partial charge in [0, 0.05) is 57.8 Å². The van der Waals surface area contributed by atoms with Crippen molar-refractivity contribution >= 4 is 11.7 Å². The van der Waals surface area contributed by atoms with Crippen molar-refractivity contribution < 1.29 is 4.79 Å². The molecule has 1 spiro atoms. The van der Waals surface area contributed by atoms with Gasteiger partial charge < -0.3 is 4.90 Å². The summed E-state index contributed by atoms with van der Waals surface area (Å²) >= 11 is 0. The first kappa shape index (κ1) is 17.2. The first-order chi connectivity index (χ1) is 12.5. The van der Waals surface area contributed by atoms with E-state index >= 15 is 0 Å². The first-order valence-electron chi connectivity index (χ1n) is 9.06. The normalized spacial score (nSPS) is 25.9. The molecule has 2 aliphatic rings. The van der Waals surface area contributed by atoms with Crippen molar-refractivity contribution in [3.8, 4) is 0 Å². The van der Waals surface area contributed by atoms with Crippen LogP contribution in [0.25, 0.3) is 5.78 Å². The molecule has 2 fully saturated rings. The summed E-state index contributed by atoms with van der Waals surface area (Å²) in [5.74, 6) is 0.629. The number of hydrogen-bond donors (Lipinski definition) is 1. The van der Waals surface area contributed by atoms with E-state index in [1.807, 2.05) is 11.9 Å². The van der Waals surface area contributed by atoms with E-state index in [2.05, 4.69) is 31.9 Å². The Morgan fingerprint density at radius 1 is 1.19 bits per heavy atom. The third-order valence-corrected chi connectivity index (χ3v) is 5.93. The molecule has 2 saturated heterocycles. The Morgan fingerprint density at radius 2 is 2.04 bits per heavy atom. The number of rotatable bonds is 2. The molecule has 1 atom stereocenters. The van der Waals surface area contributed by atoms with Crippen LogP contribution in [0, 0.1) is 0 Å². The Balaban J connectivity index is 1.54. The molecule has 1 N–H and O–H groups in total. The van der Waals surface area contributed by atoms with E-state index in [1.165, 1.54) is 10.8 Å². The summed E-state index contributed by atoms with van der Waals surface area (Å²) in [6, 6.07) is 1.57. The lowest BCUT2D eigenvalue weighted by Gasteiger charge is -2.49. The molecular weight excluding hydrogens is 334 g/mol. The van der Waals surface area contributed by atoms with Gasteiger partial charge in [0.05, 0.1) is 5.69 Å². The minimum absolute atomic E-state index is 0.00412. The van der Waals surface area contributed by atoms with Crippen LogP contribution in [0.4, 0.5) is 0 Å². The predicted octanol–water partition coefficient (Wildman–Crippen LogP) is -0.454. The zero-order valence-electron chi connectivity index (χ0n) is 15.3. The SMILES string of the molecule is CN1CCC2(CCC1=O)CN(Cc1cc(=O)n3[nH]cnc3n1)CCN2C. The third-order valence-electron chi connectivity index (χ3n) is 5.93. The highest BCUT2D eigenvalue weighted by molar-refractivity contribution is 5.76. The third kappa shape index (κ3) is 3.01. The fourth-order valence-electron chi connectivity index (χ4n) is 4.15. The number of fused-ring (bicyclic) bond motifs is 1. The topological polar surface area (TPSA) is 89.8 Å². The highest BCUT2D eigenvalue weighted by Crippen LogP contribution is 2.32. The van der Waals surface area contributed by atoms with Gasteiger partial charge in [-0.3, -0.25) is 24.5 Å². The zero-order valence-corrected chi connectivity index (χ0v) is 15.3. The zero-order chi connectivity index (χ0) is 18.3. The summed E-state index contributed by atoms with van der Waals surface area (Å²) in [4.78, 5) is 39.4. The van der Waals surface area contributed by atoms with Gasteiger partial charge in [0.2, 0.25) is 5.91 Å². The van der Waals surface area contributed by atoms with E-state index in [0.29, 0.717) is 18.7 Å². The van der Waals surface area contributed by atoms with Crippen molar-refractivity contribution in [3.05, 3.63) is 28.4 Å². The van der Waals surface area contributed by atoms with Gasteiger partial charge >= 0.3 is 0 Å². The Labute approximate surface area is 151 Å². The summed E-state index contributed by atoms with van der Waals surface area (Å²) in [5.41, 5.74) is 0.598. The number of carbonyl (C=O) groups is 1. The van der Waals surface area contributed by atoms with Crippen LogP contribution in [0.1, 0.15) is 25.0 Å². The molecule has 9 heteroatoms. The lowest BCUT2D eigenvalue weighted by atomic mass is 9.86. The number of piperazine rings is 1. The van der Waals surface area contributed by atoms with Gasteiger partial charge in [-0.05, 0) is 19.9 Å². The largest absolute Gasteiger partial charge is 0.346 e. The molecule has 0 aromatic carbocycles. The maximum atomic E-state index is 12.1. The molecule has 0 saturated carbocycles. The van der Waals surface area contributed by atoms with Gasteiger partial charge in [0.15, 0.2) is 0 Å². The predicted molar refractivity (Wildman–Crippen MR) is 95.7 cm³/mol. The molecule has 0 bridgehead atoms. The maximum Gasteiger partial charge on any atom is 0.274 e. The second kappa shape index (κ2) is 6.48. The molecule has 0 radical (unpaired) electrons. The summed E-state index contributed by atoms with van der Waals surface area (Å²) in [6.07, 6.45) is 3.90. The molecule has 140 valence electrons. The number of hydrogen-bond acceptors (Lipinski definition) is 6. The van der Waals surface area contributed by atoms with Crippen LogP contribution in [-0.4, -0.2) is 86.0 Å². The number of H-pyrrole nitrogens is 1. The average Bonchev–Trinajstić information content (AvgIpc) is 3.04. The van der Waals surface area contributed by atoms with E-state index in [9.17, 15) is 9.59 Å². The first-order valence-corrected chi connectivity index (χ1v) is 9.06. The molecule has 1 unspecified atom stereocenters. The van der Waals surface area contributed by atoms with E-state index in [-0.39, 0.29) is 17.0 Å². The monoisotopic (exact) mass is 359 g/mol. The number of nitrogens with one attached hydrogen (secondary N) is 1. The molecule has 2 aromatic rings.